The second-order valence-electron chi connectivity index (χ2n) is 10.5. The monoisotopic (exact) mass is 477 g/mol. The van der Waals surface area contributed by atoms with Crippen molar-refractivity contribution >= 4 is 80.0 Å². The molecule has 5 aromatic carbocycles. The zero-order chi connectivity index (χ0) is 24.0. The molecule has 0 saturated carbocycles. The summed E-state index contributed by atoms with van der Waals surface area (Å²) < 4.78 is 9.20. The quantitative estimate of drug-likeness (QED) is 0.286. The predicted octanol–water partition coefficient (Wildman–Crippen LogP) is 5.48. The van der Waals surface area contributed by atoms with Crippen molar-refractivity contribution in [2.45, 2.75) is 13.1 Å². The average Bonchev–Trinajstić information content (AvgIpc) is 3.45. The summed E-state index contributed by atoms with van der Waals surface area (Å²) in [7, 11) is -1.84. The van der Waals surface area contributed by atoms with Gasteiger partial charge in [0.15, 0.2) is 5.58 Å². The molecule has 1 aliphatic heterocycles. The van der Waals surface area contributed by atoms with E-state index in [0.29, 0.717) is 0 Å². The first kappa shape index (κ1) is 20.2. The van der Waals surface area contributed by atoms with Gasteiger partial charge in [0.05, 0.1) is 5.52 Å². The third kappa shape index (κ3) is 2.47. The largest absolute Gasteiger partial charge is 0.454 e. The van der Waals surface area contributed by atoms with Crippen LogP contribution in [-0.2, 0) is 0 Å². The lowest BCUT2D eigenvalue weighted by molar-refractivity contribution is 0.671. The van der Waals surface area contributed by atoms with E-state index in [1.807, 2.05) is 0 Å². The molecule has 36 heavy (non-hydrogen) atoms. The van der Waals surface area contributed by atoms with Crippen molar-refractivity contribution < 1.29 is 4.42 Å². The Morgan fingerprint density at radius 2 is 1.17 bits per heavy atom. The molecule has 0 N–H and O–H groups in total. The number of nitrogens with zero attached hydrogens (tertiary/aromatic N) is 1. The van der Waals surface area contributed by atoms with Gasteiger partial charge in [0.1, 0.15) is 13.7 Å². The summed E-state index contributed by atoms with van der Waals surface area (Å²) in [6.07, 6.45) is 0. The van der Waals surface area contributed by atoms with Gasteiger partial charge in [-0.2, -0.15) is 0 Å². The van der Waals surface area contributed by atoms with Crippen LogP contribution in [0.1, 0.15) is 0 Å². The first-order valence-electron chi connectivity index (χ1n) is 12.7. The summed E-state index contributed by atoms with van der Waals surface area (Å²) >= 11 is 0. The van der Waals surface area contributed by atoms with E-state index in [9.17, 15) is 0 Å². The minimum atomic E-state index is -1.84. The van der Waals surface area contributed by atoms with Crippen LogP contribution in [0.4, 0.5) is 0 Å². The van der Waals surface area contributed by atoms with E-state index in [4.69, 9.17) is 4.42 Å². The molecule has 0 fully saturated rings. The van der Waals surface area contributed by atoms with Gasteiger partial charge in [-0.3, -0.25) is 0 Å². The molecule has 0 amide bonds. The van der Waals surface area contributed by atoms with Gasteiger partial charge in [0, 0.05) is 27.1 Å². The Morgan fingerprint density at radius 3 is 1.92 bits per heavy atom. The molecule has 0 atom stereocenters. The number of benzene rings is 5. The second kappa shape index (κ2) is 7.02. The number of para-hydroxylation sites is 2. The summed E-state index contributed by atoms with van der Waals surface area (Å²) in [4.78, 5) is 0. The Morgan fingerprint density at radius 1 is 0.583 bits per heavy atom. The highest BCUT2D eigenvalue weighted by Crippen LogP contribution is 2.38. The van der Waals surface area contributed by atoms with Crippen LogP contribution in [0.3, 0.4) is 0 Å². The highest BCUT2D eigenvalue weighted by Gasteiger charge is 2.42. The first-order valence-corrected chi connectivity index (χ1v) is 15.7. The maximum absolute atomic E-state index is 6.63. The summed E-state index contributed by atoms with van der Waals surface area (Å²) in [6, 6.07) is 40.0. The minimum Gasteiger partial charge on any atom is -0.454 e. The molecule has 0 bridgehead atoms. The zero-order valence-corrected chi connectivity index (χ0v) is 21.3. The zero-order valence-electron chi connectivity index (χ0n) is 20.3. The topological polar surface area (TPSA) is 18.1 Å². The number of rotatable bonds is 1. The Bertz CT molecular complexity index is 1950. The summed E-state index contributed by atoms with van der Waals surface area (Å²) in [5.74, 6) is 0. The molecular weight excluding hydrogens is 453 g/mol. The highest BCUT2D eigenvalue weighted by molar-refractivity contribution is 7.11. The molecule has 0 saturated heterocycles. The molecule has 2 nitrogen and oxygen atoms in total. The molecule has 170 valence electrons. The SMILES string of the molecule is C[Si]1(C)c2ccccc2B(n2c3ccccc3c3ccc4c5ccccc5oc4c32)c2ccccc21. The summed E-state index contributed by atoms with van der Waals surface area (Å²) in [5, 5.41) is 7.91. The summed E-state index contributed by atoms with van der Waals surface area (Å²) in [5.41, 5.74) is 7.18. The maximum Gasteiger partial charge on any atom is 0.328 e. The van der Waals surface area contributed by atoms with Crippen molar-refractivity contribution in [3.63, 3.8) is 0 Å². The molecule has 0 radical (unpaired) electrons. The van der Waals surface area contributed by atoms with Gasteiger partial charge in [-0.15, -0.1) is 0 Å². The fraction of sp³-hybridized carbons (Fsp3) is 0.0625. The van der Waals surface area contributed by atoms with E-state index in [0.717, 1.165) is 11.2 Å². The number of hydrogen-bond acceptors (Lipinski definition) is 1. The highest BCUT2D eigenvalue weighted by atomic mass is 28.3. The summed E-state index contributed by atoms with van der Waals surface area (Å²) in [6.45, 7) is 5.06. The second-order valence-corrected chi connectivity index (χ2v) is 14.9. The predicted molar refractivity (Wildman–Crippen MR) is 157 cm³/mol. The van der Waals surface area contributed by atoms with Crippen LogP contribution in [0.25, 0.3) is 43.7 Å². The first-order chi connectivity index (χ1) is 17.6. The smallest absolute Gasteiger partial charge is 0.328 e. The van der Waals surface area contributed by atoms with Gasteiger partial charge >= 0.3 is 6.85 Å². The van der Waals surface area contributed by atoms with Gasteiger partial charge in [-0.05, 0) is 18.2 Å². The van der Waals surface area contributed by atoms with E-state index in [2.05, 4.69) is 127 Å². The molecule has 1 aliphatic rings. The van der Waals surface area contributed by atoms with E-state index in [1.54, 1.807) is 0 Å². The Labute approximate surface area is 210 Å². The van der Waals surface area contributed by atoms with E-state index < -0.39 is 8.07 Å². The Balaban J connectivity index is 1.60. The van der Waals surface area contributed by atoms with Gasteiger partial charge in [-0.1, -0.05) is 125 Å². The molecule has 0 spiro atoms. The van der Waals surface area contributed by atoms with Crippen molar-refractivity contribution in [2.75, 3.05) is 0 Å². The van der Waals surface area contributed by atoms with Gasteiger partial charge < -0.3 is 8.90 Å². The van der Waals surface area contributed by atoms with E-state index in [-0.39, 0.29) is 6.85 Å². The molecule has 8 rings (SSSR count). The Hall–Kier alpha value is -4.02. The van der Waals surface area contributed by atoms with Crippen molar-refractivity contribution in [2.24, 2.45) is 0 Å². The molecule has 7 aromatic rings. The van der Waals surface area contributed by atoms with Crippen LogP contribution in [0, 0.1) is 0 Å². The van der Waals surface area contributed by atoms with Crippen molar-refractivity contribution in [1.29, 1.82) is 0 Å². The third-order valence-electron chi connectivity index (χ3n) is 8.33. The number of aromatic nitrogens is 1. The number of furan rings is 1. The number of hydrogen-bond donors (Lipinski definition) is 0. The molecule has 4 heteroatoms. The van der Waals surface area contributed by atoms with E-state index >= 15 is 0 Å². The van der Waals surface area contributed by atoms with Crippen LogP contribution in [0.15, 0.2) is 114 Å². The molecule has 0 aliphatic carbocycles. The van der Waals surface area contributed by atoms with Crippen LogP contribution in [-0.4, -0.2) is 19.4 Å². The lowest BCUT2D eigenvalue weighted by Crippen LogP contribution is -2.75. The lowest BCUT2D eigenvalue weighted by Gasteiger charge is -2.37. The normalized spacial score (nSPS) is 14.6. The van der Waals surface area contributed by atoms with Crippen molar-refractivity contribution in [3.05, 3.63) is 109 Å². The molecule has 3 heterocycles. The average molecular weight is 477 g/mol. The van der Waals surface area contributed by atoms with Gasteiger partial charge in [0.2, 0.25) is 0 Å². The van der Waals surface area contributed by atoms with Crippen LogP contribution in [0.2, 0.25) is 13.1 Å². The molecule has 2 aromatic heterocycles. The minimum absolute atomic E-state index is 0.0825. The fourth-order valence-electron chi connectivity index (χ4n) is 6.73. The lowest BCUT2D eigenvalue weighted by atomic mass is 9.49. The van der Waals surface area contributed by atoms with E-state index in [1.165, 1.54) is 53.9 Å². The van der Waals surface area contributed by atoms with Gasteiger partial charge in [-0.25, -0.2) is 0 Å². The van der Waals surface area contributed by atoms with Crippen LogP contribution in [0.5, 0.6) is 0 Å². The van der Waals surface area contributed by atoms with Crippen molar-refractivity contribution in [3.8, 4) is 0 Å². The maximum atomic E-state index is 6.63. The van der Waals surface area contributed by atoms with Crippen LogP contribution < -0.4 is 21.3 Å². The standard InChI is InChI=1S/C32H24BNOSi/c1-36(2)29-17-9-5-13-25(29)33(26-14-6-10-18-30(26)36)34-27-15-7-3-11-21(27)23-19-20-24-22-12-4-8-16-28(22)35-32(24)31(23)34/h3-20H,1-2H3. The molecular formula is C32H24BNOSi. The molecule has 0 unspecified atom stereocenters. The van der Waals surface area contributed by atoms with Gasteiger partial charge in [0.25, 0.3) is 0 Å². The van der Waals surface area contributed by atoms with Crippen LogP contribution >= 0.6 is 0 Å². The third-order valence-corrected chi connectivity index (χ3v) is 11.9. The number of fused-ring (bicyclic) bond motifs is 9. The fourth-order valence-corrected chi connectivity index (χ4v) is 9.93. The van der Waals surface area contributed by atoms with Crippen molar-refractivity contribution in [1.82, 2.24) is 4.48 Å². The Kier molecular flexibility index (Phi) is 3.94.